The molecule has 1 unspecified atom stereocenters. The summed E-state index contributed by atoms with van der Waals surface area (Å²) in [5.74, 6) is 1.09. The van der Waals surface area contributed by atoms with Crippen LogP contribution in [0.15, 0.2) is 12.7 Å². The standard InChI is InChI=1S/C10H17NOS/c1-4-9(12)11-8-5-6-13-10(2,3)7-8/h4,8H,1,5-7H2,2-3H3,(H,11,12). The highest BCUT2D eigenvalue weighted by Crippen LogP contribution is 2.35. The summed E-state index contributed by atoms with van der Waals surface area (Å²) in [6, 6.07) is 0.335. The Morgan fingerprint density at radius 3 is 2.92 bits per heavy atom. The van der Waals surface area contributed by atoms with Gasteiger partial charge in [0.05, 0.1) is 0 Å². The van der Waals surface area contributed by atoms with Gasteiger partial charge in [0.15, 0.2) is 0 Å². The molecule has 0 radical (unpaired) electrons. The van der Waals surface area contributed by atoms with E-state index in [1.54, 1.807) is 0 Å². The summed E-state index contributed by atoms with van der Waals surface area (Å²) < 4.78 is 0.303. The third-order valence-corrected chi connectivity index (χ3v) is 3.62. The lowest BCUT2D eigenvalue weighted by atomic mass is 10.00. The lowest BCUT2D eigenvalue weighted by molar-refractivity contribution is -0.117. The Balaban J connectivity index is 2.43. The Bertz CT molecular complexity index is 213. The lowest BCUT2D eigenvalue weighted by Crippen LogP contribution is -2.41. The van der Waals surface area contributed by atoms with Crippen LogP contribution >= 0.6 is 11.8 Å². The van der Waals surface area contributed by atoms with Gasteiger partial charge in [-0.2, -0.15) is 11.8 Å². The van der Waals surface area contributed by atoms with Crippen molar-refractivity contribution in [1.29, 1.82) is 0 Å². The summed E-state index contributed by atoms with van der Waals surface area (Å²) in [7, 11) is 0. The van der Waals surface area contributed by atoms with E-state index in [1.807, 2.05) is 11.8 Å². The summed E-state index contributed by atoms with van der Waals surface area (Å²) >= 11 is 1.98. The molecule has 0 aliphatic carbocycles. The highest BCUT2D eigenvalue weighted by molar-refractivity contribution is 8.00. The van der Waals surface area contributed by atoms with Gasteiger partial charge in [0.2, 0.25) is 5.91 Å². The number of rotatable bonds is 2. The van der Waals surface area contributed by atoms with Crippen molar-refractivity contribution in [2.75, 3.05) is 5.75 Å². The molecule has 1 heterocycles. The van der Waals surface area contributed by atoms with Gasteiger partial charge in [-0.25, -0.2) is 0 Å². The summed E-state index contributed by atoms with van der Waals surface area (Å²) in [6.45, 7) is 7.90. The number of carbonyl (C=O) groups is 1. The quantitative estimate of drug-likeness (QED) is 0.689. The molecule has 13 heavy (non-hydrogen) atoms. The van der Waals surface area contributed by atoms with Crippen molar-refractivity contribution < 1.29 is 4.79 Å². The molecule has 0 spiro atoms. The first-order valence-corrected chi connectivity index (χ1v) is 5.59. The van der Waals surface area contributed by atoms with Crippen molar-refractivity contribution in [2.24, 2.45) is 0 Å². The van der Waals surface area contributed by atoms with E-state index in [-0.39, 0.29) is 5.91 Å². The Labute approximate surface area is 84.2 Å². The van der Waals surface area contributed by atoms with Gasteiger partial charge in [-0.1, -0.05) is 20.4 Å². The fourth-order valence-electron chi connectivity index (χ4n) is 1.62. The van der Waals surface area contributed by atoms with Crippen LogP contribution in [0.25, 0.3) is 0 Å². The largest absolute Gasteiger partial charge is 0.350 e. The molecule has 0 aromatic heterocycles. The summed E-state index contributed by atoms with van der Waals surface area (Å²) in [6.07, 6.45) is 3.47. The van der Waals surface area contributed by atoms with Crippen LogP contribution in [0.1, 0.15) is 26.7 Å². The third-order valence-electron chi connectivity index (χ3n) is 2.23. The Morgan fingerprint density at radius 2 is 2.38 bits per heavy atom. The zero-order chi connectivity index (χ0) is 9.90. The second-order valence-electron chi connectivity index (χ2n) is 4.01. The van der Waals surface area contributed by atoms with Gasteiger partial charge in [-0.3, -0.25) is 4.79 Å². The van der Waals surface area contributed by atoms with Crippen molar-refractivity contribution in [2.45, 2.75) is 37.5 Å². The van der Waals surface area contributed by atoms with Gasteiger partial charge in [0.1, 0.15) is 0 Å². The van der Waals surface area contributed by atoms with E-state index in [4.69, 9.17) is 0 Å². The number of thioether (sulfide) groups is 1. The monoisotopic (exact) mass is 199 g/mol. The number of hydrogen-bond donors (Lipinski definition) is 1. The van der Waals surface area contributed by atoms with Gasteiger partial charge < -0.3 is 5.32 Å². The normalized spacial score (nSPS) is 26.5. The first-order valence-electron chi connectivity index (χ1n) is 4.60. The van der Waals surface area contributed by atoms with E-state index in [9.17, 15) is 4.79 Å². The molecule has 1 aliphatic heterocycles. The molecule has 1 atom stereocenters. The molecule has 0 aromatic carbocycles. The molecular formula is C10H17NOS. The summed E-state index contributed by atoms with van der Waals surface area (Å²) in [5.41, 5.74) is 0. The number of hydrogen-bond acceptors (Lipinski definition) is 2. The maximum absolute atomic E-state index is 11.1. The fraction of sp³-hybridized carbons (Fsp3) is 0.700. The Hall–Kier alpha value is -0.440. The van der Waals surface area contributed by atoms with Gasteiger partial charge in [-0.05, 0) is 24.7 Å². The molecule has 1 N–H and O–H groups in total. The minimum atomic E-state index is -0.0484. The second-order valence-corrected chi connectivity index (χ2v) is 5.81. The van der Waals surface area contributed by atoms with Gasteiger partial charge in [0, 0.05) is 10.8 Å². The average Bonchev–Trinajstić information content (AvgIpc) is 2.02. The van der Waals surface area contributed by atoms with E-state index in [0.717, 1.165) is 18.6 Å². The maximum atomic E-state index is 11.1. The van der Waals surface area contributed by atoms with Crippen LogP contribution in [0.3, 0.4) is 0 Å². The first-order chi connectivity index (χ1) is 6.03. The van der Waals surface area contributed by atoms with Crippen LogP contribution in [0.4, 0.5) is 0 Å². The average molecular weight is 199 g/mol. The minimum absolute atomic E-state index is 0.0484. The van der Waals surface area contributed by atoms with E-state index in [1.165, 1.54) is 6.08 Å². The molecule has 74 valence electrons. The van der Waals surface area contributed by atoms with E-state index >= 15 is 0 Å². The fourth-order valence-corrected chi connectivity index (χ4v) is 2.89. The van der Waals surface area contributed by atoms with E-state index in [2.05, 4.69) is 25.7 Å². The van der Waals surface area contributed by atoms with Crippen molar-refractivity contribution >= 4 is 17.7 Å². The van der Waals surface area contributed by atoms with Crippen LogP contribution in [0.2, 0.25) is 0 Å². The molecular weight excluding hydrogens is 182 g/mol. The predicted octanol–water partition coefficient (Wildman–Crippen LogP) is 1.96. The SMILES string of the molecule is C=CC(=O)NC1CCSC(C)(C)C1. The highest BCUT2D eigenvalue weighted by atomic mass is 32.2. The topological polar surface area (TPSA) is 29.1 Å². The molecule has 1 fully saturated rings. The van der Waals surface area contributed by atoms with E-state index in [0.29, 0.717) is 10.8 Å². The number of amides is 1. The van der Waals surface area contributed by atoms with Crippen molar-refractivity contribution in [3.8, 4) is 0 Å². The summed E-state index contributed by atoms with van der Waals surface area (Å²) in [4.78, 5) is 11.1. The predicted molar refractivity (Wildman–Crippen MR) is 57.9 cm³/mol. The second kappa shape index (κ2) is 4.18. The Morgan fingerprint density at radius 1 is 1.69 bits per heavy atom. The van der Waals surface area contributed by atoms with Crippen LogP contribution in [0, 0.1) is 0 Å². The Kier molecular flexibility index (Phi) is 3.42. The molecule has 0 bridgehead atoms. The number of carbonyl (C=O) groups excluding carboxylic acids is 1. The van der Waals surface area contributed by atoms with Crippen molar-refractivity contribution in [3.05, 3.63) is 12.7 Å². The molecule has 0 aromatic rings. The molecule has 1 amide bonds. The molecule has 1 rings (SSSR count). The number of nitrogens with one attached hydrogen (secondary N) is 1. The zero-order valence-electron chi connectivity index (χ0n) is 8.30. The summed E-state index contributed by atoms with van der Waals surface area (Å²) in [5, 5.41) is 2.95. The lowest BCUT2D eigenvalue weighted by Gasteiger charge is -2.34. The van der Waals surface area contributed by atoms with E-state index < -0.39 is 0 Å². The molecule has 2 nitrogen and oxygen atoms in total. The first kappa shape index (κ1) is 10.6. The zero-order valence-corrected chi connectivity index (χ0v) is 9.12. The minimum Gasteiger partial charge on any atom is -0.350 e. The smallest absolute Gasteiger partial charge is 0.243 e. The van der Waals surface area contributed by atoms with Crippen molar-refractivity contribution in [3.63, 3.8) is 0 Å². The third kappa shape index (κ3) is 3.43. The van der Waals surface area contributed by atoms with Gasteiger partial charge in [0.25, 0.3) is 0 Å². The molecule has 1 saturated heterocycles. The van der Waals surface area contributed by atoms with Crippen LogP contribution in [-0.4, -0.2) is 22.4 Å². The van der Waals surface area contributed by atoms with Crippen LogP contribution in [-0.2, 0) is 4.79 Å². The van der Waals surface area contributed by atoms with Crippen molar-refractivity contribution in [1.82, 2.24) is 5.32 Å². The van der Waals surface area contributed by atoms with Crippen LogP contribution in [0.5, 0.6) is 0 Å². The highest BCUT2D eigenvalue weighted by Gasteiger charge is 2.28. The molecule has 0 saturated carbocycles. The molecule has 3 heteroatoms. The van der Waals surface area contributed by atoms with Gasteiger partial charge in [-0.15, -0.1) is 0 Å². The van der Waals surface area contributed by atoms with Gasteiger partial charge >= 0.3 is 0 Å². The van der Waals surface area contributed by atoms with Crippen LogP contribution < -0.4 is 5.32 Å². The maximum Gasteiger partial charge on any atom is 0.243 e. The molecule has 1 aliphatic rings.